The molecule has 1 aromatic carbocycles. The summed E-state index contributed by atoms with van der Waals surface area (Å²) in [6.07, 6.45) is 0. The van der Waals surface area contributed by atoms with E-state index in [1.807, 2.05) is 13.0 Å². The Kier molecular flexibility index (Phi) is 3.15. The molecule has 1 aliphatic rings. The summed E-state index contributed by atoms with van der Waals surface area (Å²) >= 11 is 0. The molecule has 0 amide bonds. The van der Waals surface area contributed by atoms with Crippen LogP contribution in [0.4, 0.5) is 0 Å². The van der Waals surface area contributed by atoms with Crippen LogP contribution in [0.2, 0.25) is 0 Å². The third kappa shape index (κ3) is 1.94. The van der Waals surface area contributed by atoms with E-state index in [1.165, 1.54) is 5.56 Å². The number of ether oxygens (including phenoxy) is 3. The van der Waals surface area contributed by atoms with Gasteiger partial charge in [-0.1, -0.05) is 0 Å². The minimum Gasteiger partial charge on any atom is -0.496 e. The molecule has 2 rings (SSSR count). The molecule has 3 heteroatoms. The second-order valence-corrected chi connectivity index (χ2v) is 4.66. The fourth-order valence-electron chi connectivity index (χ4n) is 2.61. The van der Waals surface area contributed by atoms with Crippen LogP contribution in [-0.4, -0.2) is 20.3 Å². The van der Waals surface area contributed by atoms with Gasteiger partial charge in [-0.05, 0) is 50.5 Å². The Hall–Kier alpha value is -1.06. The molecule has 0 unspecified atom stereocenters. The van der Waals surface area contributed by atoms with Crippen LogP contribution in [0.25, 0.3) is 0 Å². The Morgan fingerprint density at radius 2 is 1.71 bits per heavy atom. The first-order chi connectivity index (χ1) is 7.99. The maximum atomic E-state index is 5.75. The fraction of sp³-hybridized carbons (Fsp3) is 0.571. The molecule has 1 heterocycles. The van der Waals surface area contributed by atoms with Crippen molar-refractivity contribution in [1.29, 1.82) is 0 Å². The van der Waals surface area contributed by atoms with E-state index in [1.54, 1.807) is 7.11 Å². The largest absolute Gasteiger partial charge is 0.496 e. The molecule has 1 fully saturated rings. The molecule has 0 N–H and O–H groups in total. The highest BCUT2D eigenvalue weighted by Gasteiger charge is 2.36. The molecule has 0 spiro atoms. The van der Waals surface area contributed by atoms with Crippen molar-refractivity contribution in [2.45, 2.75) is 33.5 Å². The Labute approximate surface area is 103 Å². The van der Waals surface area contributed by atoms with Crippen molar-refractivity contribution in [3.63, 3.8) is 0 Å². The van der Waals surface area contributed by atoms with Crippen molar-refractivity contribution >= 4 is 0 Å². The quantitative estimate of drug-likeness (QED) is 0.790. The van der Waals surface area contributed by atoms with Crippen LogP contribution in [-0.2, 0) is 15.3 Å². The van der Waals surface area contributed by atoms with E-state index in [2.05, 4.69) is 20.8 Å². The third-order valence-electron chi connectivity index (χ3n) is 3.56. The van der Waals surface area contributed by atoms with Gasteiger partial charge < -0.3 is 14.2 Å². The zero-order valence-electron chi connectivity index (χ0n) is 11.2. The van der Waals surface area contributed by atoms with Crippen molar-refractivity contribution in [3.05, 3.63) is 28.3 Å². The standard InChI is InChI=1S/C14H20O3/c1-9-8-12(15-5)10(2)11(3)13(9)14(4)16-6-7-17-14/h8H,6-7H2,1-5H3. The lowest BCUT2D eigenvalue weighted by atomic mass is 9.92. The topological polar surface area (TPSA) is 27.7 Å². The second-order valence-electron chi connectivity index (χ2n) is 4.66. The van der Waals surface area contributed by atoms with Gasteiger partial charge in [0, 0.05) is 5.56 Å². The summed E-state index contributed by atoms with van der Waals surface area (Å²) in [5.41, 5.74) is 4.61. The van der Waals surface area contributed by atoms with E-state index in [0.717, 1.165) is 22.4 Å². The molecule has 0 bridgehead atoms. The maximum Gasteiger partial charge on any atom is 0.192 e. The summed E-state index contributed by atoms with van der Waals surface area (Å²) < 4.78 is 16.9. The molecule has 0 radical (unpaired) electrons. The predicted octanol–water partition coefficient (Wildman–Crippen LogP) is 2.84. The van der Waals surface area contributed by atoms with Gasteiger partial charge in [-0.2, -0.15) is 0 Å². The van der Waals surface area contributed by atoms with Gasteiger partial charge in [-0.15, -0.1) is 0 Å². The SMILES string of the molecule is COc1cc(C)c(C2(C)OCCO2)c(C)c1C. The number of hydrogen-bond donors (Lipinski definition) is 0. The van der Waals surface area contributed by atoms with Crippen LogP contribution in [0.5, 0.6) is 5.75 Å². The van der Waals surface area contributed by atoms with Crippen molar-refractivity contribution in [1.82, 2.24) is 0 Å². The second kappa shape index (κ2) is 4.31. The van der Waals surface area contributed by atoms with Crippen LogP contribution in [0.15, 0.2) is 6.07 Å². The normalized spacial score (nSPS) is 18.4. The van der Waals surface area contributed by atoms with Gasteiger partial charge in [0.25, 0.3) is 0 Å². The number of methoxy groups -OCH3 is 1. The van der Waals surface area contributed by atoms with Gasteiger partial charge in [-0.3, -0.25) is 0 Å². The van der Waals surface area contributed by atoms with E-state index in [0.29, 0.717) is 13.2 Å². The Balaban J connectivity index is 2.58. The molecule has 0 atom stereocenters. The molecular formula is C14H20O3. The maximum absolute atomic E-state index is 5.75. The number of aryl methyl sites for hydroxylation is 1. The first-order valence-corrected chi connectivity index (χ1v) is 5.93. The van der Waals surface area contributed by atoms with E-state index in [4.69, 9.17) is 14.2 Å². The average molecular weight is 236 g/mol. The highest BCUT2D eigenvalue weighted by Crippen LogP contribution is 2.38. The van der Waals surface area contributed by atoms with Gasteiger partial charge in [0.15, 0.2) is 5.79 Å². The van der Waals surface area contributed by atoms with Crippen molar-refractivity contribution in [2.75, 3.05) is 20.3 Å². The number of hydrogen-bond acceptors (Lipinski definition) is 3. The summed E-state index contributed by atoms with van der Waals surface area (Å²) in [7, 11) is 1.70. The lowest BCUT2D eigenvalue weighted by molar-refractivity contribution is -0.150. The Bertz CT molecular complexity index is 432. The van der Waals surface area contributed by atoms with Gasteiger partial charge in [0.2, 0.25) is 0 Å². The summed E-state index contributed by atoms with van der Waals surface area (Å²) in [6.45, 7) is 9.52. The van der Waals surface area contributed by atoms with Gasteiger partial charge in [0.05, 0.1) is 20.3 Å². The molecule has 17 heavy (non-hydrogen) atoms. The van der Waals surface area contributed by atoms with Crippen LogP contribution in [0.1, 0.15) is 29.2 Å². The monoisotopic (exact) mass is 236 g/mol. The molecule has 3 nitrogen and oxygen atoms in total. The Morgan fingerprint density at radius 3 is 2.24 bits per heavy atom. The number of benzene rings is 1. The summed E-state index contributed by atoms with van der Waals surface area (Å²) in [5, 5.41) is 0. The van der Waals surface area contributed by atoms with Crippen LogP contribution in [0.3, 0.4) is 0 Å². The van der Waals surface area contributed by atoms with Crippen molar-refractivity contribution in [2.24, 2.45) is 0 Å². The van der Waals surface area contributed by atoms with E-state index in [9.17, 15) is 0 Å². The van der Waals surface area contributed by atoms with Gasteiger partial charge >= 0.3 is 0 Å². The van der Waals surface area contributed by atoms with Crippen LogP contribution >= 0.6 is 0 Å². The average Bonchev–Trinajstić information content (AvgIpc) is 2.71. The first kappa shape index (κ1) is 12.4. The molecule has 0 aromatic heterocycles. The van der Waals surface area contributed by atoms with Crippen molar-refractivity contribution in [3.8, 4) is 5.75 Å². The van der Waals surface area contributed by atoms with E-state index < -0.39 is 5.79 Å². The van der Waals surface area contributed by atoms with Crippen LogP contribution in [0, 0.1) is 20.8 Å². The van der Waals surface area contributed by atoms with Crippen LogP contribution < -0.4 is 4.74 Å². The highest BCUT2D eigenvalue weighted by atomic mass is 16.7. The van der Waals surface area contributed by atoms with E-state index in [-0.39, 0.29) is 0 Å². The zero-order valence-corrected chi connectivity index (χ0v) is 11.2. The van der Waals surface area contributed by atoms with Gasteiger partial charge in [0.1, 0.15) is 5.75 Å². The fourth-order valence-corrected chi connectivity index (χ4v) is 2.61. The highest BCUT2D eigenvalue weighted by molar-refractivity contribution is 5.49. The van der Waals surface area contributed by atoms with Crippen molar-refractivity contribution < 1.29 is 14.2 Å². The Morgan fingerprint density at radius 1 is 1.12 bits per heavy atom. The lowest BCUT2D eigenvalue weighted by Crippen LogP contribution is -2.25. The number of rotatable bonds is 2. The molecule has 1 aromatic rings. The van der Waals surface area contributed by atoms with Gasteiger partial charge in [-0.25, -0.2) is 0 Å². The third-order valence-corrected chi connectivity index (χ3v) is 3.56. The van der Waals surface area contributed by atoms with E-state index >= 15 is 0 Å². The molecule has 94 valence electrons. The molecular weight excluding hydrogens is 216 g/mol. The minimum atomic E-state index is -0.606. The minimum absolute atomic E-state index is 0.606. The summed E-state index contributed by atoms with van der Waals surface area (Å²) in [5.74, 6) is 0.316. The zero-order chi connectivity index (χ0) is 12.6. The predicted molar refractivity (Wildman–Crippen MR) is 66.5 cm³/mol. The smallest absolute Gasteiger partial charge is 0.192 e. The summed E-state index contributed by atoms with van der Waals surface area (Å²) in [6, 6.07) is 2.05. The molecule has 1 aliphatic heterocycles. The molecule has 1 saturated heterocycles. The first-order valence-electron chi connectivity index (χ1n) is 5.93. The molecule has 0 aliphatic carbocycles. The summed E-state index contributed by atoms with van der Waals surface area (Å²) in [4.78, 5) is 0. The lowest BCUT2D eigenvalue weighted by Gasteiger charge is -2.28. The molecule has 0 saturated carbocycles.